The van der Waals surface area contributed by atoms with E-state index in [1.165, 1.54) is 11.1 Å². The van der Waals surface area contributed by atoms with E-state index in [1.54, 1.807) is 7.11 Å². The Labute approximate surface area is 142 Å². The van der Waals surface area contributed by atoms with Gasteiger partial charge in [0.2, 0.25) is 5.91 Å². The first kappa shape index (κ1) is 15.4. The van der Waals surface area contributed by atoms with E-state index in [1.807, 2.05) is 17.4 Å². The molecule has 0 N–H and O–H groups in total. The third-order valence-electron chi connectivity index (χ3n) is 5.23. The van der Waals surface area contributed by atoms with Gasteiger partial charge in [-0.05, 0) is 29.9 Å². The van der Waals surface area contributed by atoms with E-state index in [-0.39, 0.29) is 11.9 Å². The van der Waals surface area contributed by atoms with Gasteiger partial charge in [0, 0.05) is 26.3 Å². The summed E-state index contributed by atoms with van der Waals surface area (Å²) >= 11 is 0. The molecule has 2 aliphatic rings. The second-order valence-corrected chi connectivity index (χ2v) is 6.92. The molecule has 0 spiro atoms. The Bertz CT molecular complexity index is 715. The summed E-state index contributed by atoms with van der Waals surface area (Å²) in [6.07, 6.45) is 6.37. The number of methoxy groups -OCH3 is 1. The molecule has 1 aliphatic carbocycles. The molecule has 0 saturated carbocycles. The zero-order valence-corrected chi connectivity index (χ0v) is 14.0. The van der Waals surface area contributed by atoms with Crippen LogP contribution < -0.4 is 0 Å². The highest BCUT2D eigenvalue weighted by Gasteiger charge is 2.30. The molecule has 1 aromatic heterocycles. The summed E-state index contributed by atoms with van der Waals surface area (Å²) < 4.78 is 7.46. The number of hydrogen-bond donors (Lipinski definition) is 0. The van der Waals surface area contributed by atoms with Gasteiger partial charge in [-0.2, -0.15) is 0 Å². The fourth-order valence-corrected chi connectivity index (χ4v) is 4.07. The van der Waals surface area contributed by atoms with Crippen LogP contribution in [0.25, 0.3) is 0 Å². The molecule has 0 bridgehead atoms. The highest BCUT2D eigenvalue weighted by atomic mass is 16.5. The quantitative estimate of drug-likeness (QED) is 0.866. The standard InChI is InChI=1S/C19H23N3O2/c1-24-12-18-11-21(10-17-9-20-13-22(17)18)19(23)8-14-6-15-4-2-3-5-16(15)7-14/h2-5,9,13-14,18H,6-8,10-12H2,1H3. The van der Waals surface area contributed by atoms with Crippen LogP contribution in [-0.4, -0.2) is 40.6 Å². The van der Waals surface area contributed by atoms with E-state index >= 15 is 0 Å². The van der Waals surface area contributed by atoms with Gasteiger partial charge in [0.15, 0.2) is 0 Å². The minimum absolute atomic E-state index is 0.158. The third-order valence-corrected chi connectivity index (χ3v) is 5.23. The van der Waals surface area contributed by atoms with Crippen molar-refractivity contribution in [3.8, 4) is 0 Å². The highest BCUT2D eigenvalue weighted by molar-refractivity contribution is 5.76. The summed E-state index contributed by atoms with van der Waals surface area (Å²) in [5, 5.41) is 0. The van der Waals surface area contributed by atoms with Crippen molar-refractivity contribution in [1.82, 2.24) is 14.5 Å². The molecule has 24 heavy (non-hydrogen) atoms. The predicted octanol–water partition coefficient (Wildman–Crippen LogP) is 2.22. The fourth-order valence-electron chi connectivity index (χ4n) is 4.07. The topological polar surface area (TPSA) is 47.4 Å². The third kappa shape index (κ3) is 2.84. The lowest BCUT2D eigenvalue weighted by molar-refractivity contribution is -0.134. The summed E-state index contributed by atoms with van der Waals surface area (Å²) in [7, 11) is 1.70. The molecule has 1 atom stereocenters. The number of aromatic nitrogens is 2. The van der Waals surface area contributed by atoms with Crippen molar-refractivity contribution < 1.29 is 9.53 Å². The van der Waals surface area contributed by atoms with E-state index in [2.05, 4.69) is 33.8 Å². The molecule has 1 aliphatic heterocycles. The minimum Gasteiger partial charge on any atom is -0.382 e. The van der Waals surface area contributed by atoms with Crippen LogP contribution in [0.15, 0.2) is 36.8 Å². The number of nitrogens with zero attached hydrogens (tertiary/aromatic N) is 3. The maximum Gasteiger partial charge on any atom is 0.223 e. The molecular formula is C19H23N3O2. The smallest absolute Gasteiger partial charge is 0.223 e. The maximum absolute atomic E-state index is 12.8. The Kier molecular flexibility index (Phi) is 4.10. The molecule has 5 nitrogen and oxygen atoms in total. The van der Waals surface area contributed by atoms with Crippen LogP contribution in [0.2, 0.25) is 0 Å². The Morgan fingerprint density at radius 1 is 1.29 bits per heavy atom. The Morgan fingerprint density at radius 3 is 2.75 bits per heavy atom. The molecule has 5 heteroatoms. The zero-order valence-electron chi connectivity index (χ0n) is 14.0. The largest absolute Gasteiger partial charge is 0.382 e. The molecule has 0 fully saturated rings. The van der Waals surface area contributed by atoms with Gasteiger partial charge < -0.3 is 14.2 Å². The molecule has 2 aromatic rings. The van der Waals surface area contributed by atoms with Crippen molar-refractivity contribution >= 4 is 5.91 Å². The molecule has 1 unspecified atom stereocenters. The summed E-state index contributed by atoms with van der Waals surface area (Å²) in [4.78, 5) is 19.0. The van der Waals surface area contributed by atoms with Gasteiger partial charge in [-0.15, -0.1) is 0 Å². The summed E-state index contributed by atoms with van der Waals surface area (Å²) in [5.41, 5.74) is 3.90. The number of hydrogen-bond acceptors (Lipinski definition) is 3. The van der Waals surface area contributed by atoms with Gasteiger partial charge in [0.1, 0.15) is 0 Å². The molecule has 126 valence electrons. The average Bonchev–Trinajstić information content (AvgIpc) is 3.20. The van der Waals surface area contributed by atoms with Gasteiger partial charge in [-0.25, -0.2) is 4.98 Å². The molecule has 1 aromatic carbocycles. The Hall–Kier alpha value is -2.14. The fraction of sp³-hybridized carbons (Fsp3) is 0.474. The normalized spacial score (nSPS) is 20.0. The second-order valence-electron chi connectivity index (χ2n) is 6.92. The lowest BCUT2D eigenvalue weighted by atomic mass is 10.0. The molecule has 1 amide bonds. The lowest BCUT2D eigenvalue weighted by Gasteiger charge is -2.34. The number of rotatable bonds is 4. The van der Waals surface area contributed by atoms with E-state index in [9.17, 15) is 4.79 Å². The monoisotopic (exact) mass is 325 g/mol. The highest BCUT2D eigenvalue weighted by Crippen LogP contribution is 2.30. The van der Waals surface area contributed by atoms with Crippen LogP contribution in [0, 0.1) is 5.92 Å². The first-order valence-electron chi connectivity index (χ1n) is 8.58. The number of amides is 1. The Balaban J connectivity index is 1.42. The number of carbonyl (C=O) groups is 1. The lowest BCUT2D eigenvalue weighted by Crippen LogP contribution is -2.42. The van der Waals surface area contributed by atoms with Crippen molar-refractivity contribution in [2.75, 3.05) is 20.3 Å². The second kappa shape index (κ2) is 6.40. The van der Waals surface area contributed by atoms with Crippen LogP contribution in [0.4, 0.5) is 0 Å². The number of carbonyl (C=O) groups excluding carboxylic acids is 1. The first-order chi connectivity index (χ1) is 11.7. The van der Waals surface area contributed by atoms with E-state index in [0.29, 0.717) is 32.0 Å². The molecule has 0 radical (unpaired) electrons. The predicted molar refractivity (Wildman–Crippen MR) is 90.5 cm³/mol. The minimum atomic E-state index is 0.158. The first-order valence-corrected chi connectivity index (χ1v) is 8.58. The number of imidazole rings is 1. The van der Waals surface area contributed by atoms with E-state index < -0.39 is 0 Å². The van der Waals surface area contributed by atoms with E-state index in [4.69, 9.17) is 4.74 Å². The molecule has 2 heterocycles. The maximum atomic E-state index is 12.8. The number of ether oxygens (including phenoxy) is 1. The van der Waals surface area contributed by atoms with Gasteiger partial charge >= 0.3 is 0 Å². The van der Waals surface area contributed by atoms with Gasteiger partial charge in [0.25, 0.3) is 0 Å². The van der Waals surface area contributed by atoms with Crippen LogP contribution in [0.5, 0.6) is 0 Å². The van der Waals surface area contributed by atoms with Crippen molar-refractivity contribution in [3.63, 3.8) is 0 Å². The van der Waals surface area contributed by atoms with Gasteiger partial charge in [-0.1, -0.05) is 24.3 Å². The zero-order chi connectivity index (χ0) is 16.5. The number of fused-ring (bicyclic) bond motifs is 2. The Morgan fingerprint density at radius 2 is 2.04 bits per heavy atom. The van der Waals surface area contributed by atoms with Crippen LogP contribution in [0.1, 0.15) is 29.3 Å². The number of benzene rings is 1. The van der Waals surface area contributed by atoms with E-state index in [0.717, 1.165) is 18.5 Å². The van der Waals surface area contributed by atoms with Crippen LogP contribution >= 0.6 is 0 Å². The summed E-state index contributed by atoms with van der Waals surface area (Å²) in [6.45, 7) is 1.95. The van der Waals surface area contributed by atoms with Crippen LogP contribution in [-0.2, 0) is 28.9 Å². The van der Waals surface area contributed by atoms with Crippen molar-refractivity contribution in [2.45, 2.75) is 31.8 Å². The summed E-state index contributed by atoms with van der Waals surface area (Å²) in [6, 6.07) is 8.71. The van der Waals surface area contributed by atoms with Crippen molar-refractivity contribution in [1.29, 1.82) is 0 Å². The van der Waals surface area contributed by atoms with Crippen molar-refractivity contribution in [2.24, 2.45) is 5.92 Å². The van der Waals surface area contributed by atoms with Crippen molar-refractivity contribution in [3.05, 3.63) is 53.6 Å². The van der Waals surface area contributed by atoms with Gasteiger partial charge in [0.05, 0.1) is 31.2 Å². The molecular weight excluding hydrogens is 302 g/mol. The molecule has 0 saturated heterocycles. The summed E-state index contributed by atoms with van der Waals surface area (Å²) in [5.74, 6) is 0.684. The van der Waals surface area contributed by atoms with Gasteiger partial charge in [-0.3, -0.25) is 4.79 Å². The van der Waals surface area contributed by atoms with Crippen LogP contribution in [0.3, 0.4) is 0 Å². The average molecular weight is 325 g/mol. The SMILES string of the molecule is COCC1CN(C(=O)CC2Cc3ccccc3C2)Cc2cncn21. The molecule has 4 rings (SSSR count).